The van der Waals surface area contributed by atoms with E-state index in [1.807, 2.05) is 13.8 Å². The van der Waals surface area contributed by atoms with Gasteiger partial charge in [0, 0.05) is 5.69 Å². The van der Waals surface area contributed by atoms with E-state index in [1.54, 1.807) is 24.3 Å². The number of ether oxygens (including phenoxy) is 1. The summed E-state index contributed by atoms with van der Waals surface area (Å²) in [6.45, 7) is 4.66. The quantitative estimate of drug-likeness (QED) is 0.754. The first-order valence-electron chi connectivity index (χ1n) is 4.71. The fourth-order valence-corrected chi connectivity index (χ4v) is 0.895. The van der Waals surface area contributed by atoms with Gasteiger partial charge in [0.15, 0.2) is 0 Å². The van der Waals surface area contributed by atoms with Crippen LogP contribution >= 0.6 is 0 Å². The summed E-state index contributed by atoms with van der Waals surface area (Å²) in [7, 11) is 0. The van der Waals surface area contributed by atoms with Crippen LogP contribution in [0.4, 0.5) is 5.69 Å². The number of carbonyl (C=O) groups is 2. The van der Waals surface area contributed by atoms with E-state index in [0.717, 1.165) is 5.56 Å². The molecule has 1 rings (SSSR count). The van der Waals surface area contributed by atoms with Crippen molar-refractivity contribution in [2.24, 2.45) is 0 Å². The highest BCUT2D eigenvalue weighted by atomic mass is 16.5. The maximum absolute atomic E-state index is 10.0. The topological polar surface area (TPSA) is 55.4 Å². The average Bonchev–Trinajstić information content (AvgIpc) is 2.31. The third kappa shape index (κ3) is 5.46. The second kappa shape index (κ2) is 8.74. The van der Waals surface area contributed by atoms with Crippen LogP contribution < -0.4 is 5.32 Å². The molecule has 0 aliphatic heterocycles. The van der Waals surface area contributed by atoms with E-state index in [2.05, 4.69) is 10.1 Å². The van der Waals surface area contributed by atoms with E-state index in [9.17, 15) is 9.59 Å². The fraction of sp³-hybridized carbons (Fsp3) is 0.273. The molecule has 0 spiro atoms. The molecule has 1 amide bonds. The molecule has 0 bridgehead atoms. The zero-order valence-corrected chi connectivity index (χ0v) is 8.90. The van der Waals surface area contributed by atoms with Gasteiger partial charge in [-0.25, -0.2) is 0 Å². The van der Waals surface area contributed by atoms with Crippen molar-refractivity contribution in [1.29, 1.82) is 0 Å². The molecule has 0 unspecified atom stereocenters. The molecule has 1 aromatic carbocycles. The largest absolute Gasteiger partial charge is 0.463 e. The van der Waals surface area contributed by atoms with Crippen LogP contribution in [0.2, 0.25) is 0 Å². The number of carbonyl (C=O) groups excluding carboxylic acids is 2. The molecule has 15 heavy (non-hydrogen) atoms. The van der Waals surface area contributed by atoms with Crippen LogP contribution in [0.15, 0.2) is 24.3 Å². The molecule has 0 atom stereocenters. The molecule has 1 aromatic rings. The predicted molar refractivity (Wildman–Crippen MR) is 58.3 cm³/mol. The Morgan fingerprint density at radius 2 is 1.80 bits per heavy atom. The average molecular weight is 209 g/mol. The third-order valence-corrected chi connectivity index (χ3v) is 1.50. The molecule has 0 aliphatic rings. The third-order valence-electron chi connectivity index (χ3n) is 1.50. The molecular formula is C11H15NO3. The van der Waals surface area contributed by atoms with Crippen LogP contribution in [-0.2, 0) is 20.9 Å². The van der Waals surface area contributed by atoms with Gasteiger partial charge in [0.2, 0.25) is 6.41 Å². The standard InChI is InChI=1S/C9H9NO3.C2H6/c11-6-10-9-3-1-8(2-4-9)5-13-7-12;1-2/h1-4,6-7H,5H2,(H,10,11);1-2H3. The maximum atomic E-state index is 10.0. The van der Waals surface area contributed by atoms with Gasteiger partial charge in [-0.3, -0.25) is 9.59 Å². The van der Waals surface area contributed by atoms with Crippen molar-refractivity contribution >= 4 is 18.6 Å². The zero-order chi connectivity index (χ0) is 11.5. The Morgan fingerprint density at radius 3 is 2.27 bits per heavy atom. The van der Waals surface area contributed by atoms with E-state index in [4.69, 9.17) is 0 Å². The molecule has 82 valence electrons. The number of amides is 1. The van der Waals surface area contributed by atoms with Gasteiger partial charge in [0.05, 0.1) is 0 Å². The summed E-state index contributed by atoms with van der Waals surface area (Å²) < 4.78 is 4.55. The lowest BCUT2D eigenvalue weighted by Gasteiger charge is -2.01. The van der Waals surface area contributed by atoms with Crippen molar-refractivity contribution in [2.75, 3.05) is 5.32 Å². The van der Waals surface area contributed by atoms with Crippen LogP contribution in [0.25, 0.3) is 0 Å². The Balaban J connectivity index is 0.000000921. The molecule has 0 saturated heterocycles. The van der Waals surface area contributed by atoms with E-state index in [1.165, 1.54) is 0 Å². The summed E-state index contributed by atoms with van der Waals surface area (Å²) in [5.74, 6) is 0. The number of benzene rings is 1. The smallest absolute Gasteiger partial charge is 0.293 e. The van der Waals surface area contributed by atoms with Crippen molar-refractivity contribution in [3.05, 3.63) is 29.8 Å². The Hall–Kier alpha value is -1.84. The number of rotatable bonds is 5. The second-order valence-corrected chi connectivity index (χ2v) is 2.37. The van der Waals surface area contributed by atoms with Crippen LogP contribution in [0, 0.1) is 0 Å². The van der Waals surface area contributed by atoms with Crippen molar-refractivity contribution in [3.8, 4) is 0 Å². The summed E-state index contributed by atoms with van der Waals surface area (Å²) in [6.07, 6.45) is 0.608. The SMILES string of the molecule is CC.O=CNc1ccc(COC=O)cc1. The van der Waals surface area contributed by atoms with E-state index >= 15 is 0 Å². The summed E-state index contributed by atoms with van der Waals surface area (Å²) in [4.78, 5) is 19.9. The highest BCUT2D eigenvalue weighted by Crippen LogP contribution is 2.08. The molecule has 0 heterocycles. The fourth-order valence-electron chi connectivity index (χ4n) is 0.895. The maximum Gasteiger partial charge on any atom is 0.293 e. The minimum absolute atomic E-state index is 0.255. The number of hydrogen-bond donors (Lipinski definition) is 1. The molecular weight excluding hydrogens is 194 g/mol. The molecule has 0 aliphatic carbocycles. The number of hydrogen-bond acceptors (Lipinski definition) is 3. The minimum Gasteiger partial charge on any atom is -0.463 e. The lowest BCUT2D eigenvalue weighted by atomic mass is 10.2. The normalized spacial score (nSPS) is 8.13. The zero-order valence-electron chi connectivity index (χ0n) is 8.90. The van der Waals surface area contributed by atoms with Gasteiger partial charge in [-0.15, -0.1) is 0 Å². The highest BCUT2D eigenvalue weighted by Gasteiger charge is 1.93. The molecule has 0 fully saturated rings. The van der Waals surface area contributed by atoms with Crippen LogP contribution in [0.5, 0.6) is 0 Å². The lowest BCUT2D eigenvalue weighted by molar-refractivity contribution is -0.129. The Labute approximate surface area is 89.2 Å². The first-order valence-corrected chi connectivity index (χ1v) is 4.71. The first kappa shape index (κ1) is 13.2. The minimum atomic E-state index is 0.255. The second-order valence-electron chi connectivity index (χ2n) is 2.37. The summed E-state index contributed by atoms with van der Waals surface area (Å²) in [5.41, 5.74) is 1.59. The van der Waals surface area contributed by atoms with Gasteiger partial charge in [0.1, 0.15) is 6.61 Å². The number of anilines is 1. The highest BCUT2D eigenvalue weighted by molar-refractivity contribution is 5.70. The van der Waals surface area contributed by atoms with Crippen molar-refractivity contribution < 1.29 is 14.3 Å². The van der Waals surface area contributed by atoms with Crippen molar-refractivity contribution in [2.45, 2.75) is 20.5 Å². The Kier molecular flexibility index (Phi) is 7.67. The Bertz CT molecular complexity index is 282. The van der Waals surface area contributed by atoms with E-state index < -0.39 is 0 Å². The van der Waals surface area contributed by atoms with Gasteiger partial charge < -0.3 is 10.1 Å². The van der Waals surface area contributed by atoms with Crippen molar-refractivity contribution in [3.63, 3.8) is 0 Å². The van der Waals surface area contributed by atoms with Crippen LogP contribution in [0.3, 0.4) is 0 Å². The molecule has 0 aromatic heterocycles. The van der Waals surface area contributed by atoms with Gasteiger partial charge in [-0.05, 0) is 17.7 Å². The van der Waals surface area contributed by atoms with Gasteiger partial charge in [0.25, 0.3) is 6.47 Å². The molecule has 0 saturated carbocycles. The van der Waals surface area contributed by atoms with Crippen LogP contribution in [0.1, 0.15) is 19.4 Å². The lowest BCUT2D eigenvalue weighted by Crippen LogP contribution is -1.94. The summed E-state index contributed by atoms with van der Waals surface area (Å²) >= 11 is 0. The Morgan fingerprint density at radius 1 is 1.20 bits per heavy atom. The molecule has 4 heteroatoms. The molecule has 0 radical (unpaired) electrons. The monoisotopic (exact) mass is 209 g/mol. The van der Waals surface area contributed by atoms with Gasteiger partial charge in [-0.1, -0.05) is 26.0 Å². The van der Waals surface area contributed by atoms with E-state index in [0.29, 0.717) is 18.6 Å². The first-order chi connectivity index (χ1) is 7.36. The predicted octanol–water partition coefficient (Wildman–Crippen LogP) is 1.95. The number of nitrogens with one attached hydrogen (secondary N) is 1. The van der Waals surface area contributed by atoms with Crippen LogP contribution in [-0.4, -0.2) is 12.9 Å². The molecule has 1 N–H and O–H groups in total. The van der Waals surface area contributed by atoms with E-state index in [-0.39, 0.29) is 6.61 Å². The summed E-state index contributed by atoms with van der Waals surface area (Å²) in [6, 6.07) is 7.01. The van der Waals surface area contributed by atoms with Gasteiger partial charge in [-0.2, -0.15) is 0 Å². The summed E-state index contributed by atoms with van der Waals surface area (Å²) in [5, 5.41) is 2.50. The molecule has 4 nitrogen and oxygen atoms in total. The van der Waals surface area contributed by atoms with Gasteiger partial charge >= 0.3 is 0 Å². The van der Waals surface area contributed by atoms with Crippen molar-refractivity contribution in [1.82, 2.24) is 0 Å².